The van der Waals surface area contributed by atoms with E-state index in [9.17, 15) is 26.4 Å². The summed E-state index contributed by atoms with van der Waals surface area (Å²) in [5.74, 6) is 0. The molecule has 6 N–H and O–H groups in total. The van der Waals surface area contributed by atoms with E-state index in [1.54, 1.807) is 91.0 Å². The summed E-state index contributed by atoms with van der Waals surface area (Å²) in [6, 6.07) is 43.7. The van der Waals surface area contributed by atoms with Crippen molar-refractivity contribution in [3.05, 3.63) is 158 Å². The van der Waals surface area contributed by atoms with Crippen molar-refractivity contribution in [1.29, 1.82) is 0 Å². The van der Waals surface area contributed by atoms with Crippen LogP contribution >= 0.6 is 0 Å². The molecular weight excluding hydrogens is 777 g/mol. The van der Waals surface area contributed by atoms with E-state index in [0.717, 1.165) is 11.4 Å². The summed E-state index contributed by atoms with van der Waals surface area (Å²) >= 11 is 0. The number of rotatable bonds is 11. The van der Waals surface area contributed by atoms with Gasteiger partial charge in [-0.15, -0.1) is 0 Å². The van der Waals surface area contributed by atoms with Gasteiger partial charge < -0.3 is 26.2 Å². The number of isocyanates is 1. The summed E-state index contributed by atoms with van der Waals surface area (Å²) in [5, 5.41) is 5.42. The number of nitrogens with zero attached hydrogens (tertiary/aromatic N) is 3. The topological polar surface area (TPSA) is 195 Å². The first-order chi connectivity index (χ1) is 27.6. The van der Waals surface area contributed by atoms with Crippen molar-refractivity contribution in [2.75, 3.05) is 63.8 Å². The maximum absolute atomic E-state index is 12.4. The molecule has 14 nitrogen and oxygen atoms in total. The summed E-state index contributed by atoms with van der Waals surface area (Å²) in [5.41, 5.74) is 10.9. The van der Waals surface area contributed by atoms with Gasteiger partial charge in [0.05, 0.1) is 15.5 Å². The van der Waals surface area contributed by atoms with E-state index in [0.29, 0.717) is 34.1 Å². The molecule has 2 amide bonds. The highest BCUT2D eigenvalue weighted by Crippen LogP contribution is 2.21. The average Bonchev–Trinajstić information content (AvgIpc) is 3.20. The highest BCUT2D eigenvalue weighted by atomic mass is 32.2. The van der Waals surface area contributed by atoms with Crippen LogP contribution in [0.4, 0.5) is 50.3 Å². The third kappa shape index (κ3) is 13.9. The minimum atomic E-state index is -3.70. The molecule has 16 heteroatoms. The van der Waals surface area contributed by atoms with Crippen molar-refractivity contribution in [3.8, 4) is 0 Å². The average molecular weight is 821 g/mol. The maximum Gasteiger partial charge on any atom is 0.323 e. The molecule has 6 aromatic carbocycles. The van der Waals surface area contributed by atoms with Crippen LogP contribution in [0, 0.1) is 0 Å². The Bertz CT molecular complexity index is 2480. The Hall–Kier alpha value is -7.13. The molecule has 0 aromatic heterocycles. The highest BCUT2D eigenvalue weighted by molar-refractivity contribution is 7.93. The predicted octanol–water partition coefficient (Wildman–Crippen LogP) is 7.99. The van der Waals surface area contributed by atoms with Crippen molar-refractivity contribution >= 4 is 77.7 Å². The van der Waals surface area contributed by atoms with Crippen LogP contribution in [-0.2, 0) is 24.8 Å². The summed E-state index contributed by atoms with van der Waals surface area (Å²) in [6.07, 6.45) is 1.49. The molecule has 0 unspecified atom stereocenters. The van der Waals surface area contributed by atoms with Crippen LogP contribution in [0.5, 0.6) is 0 Å². The van der Waals surface area contributed by atoms with Crippen LogP contribution in [0.15, 0.2) is 173 Å². The van der Waals surface area contributed by atoms with Crippen molar-refractivity contribution in [3.63, 3.8) is 0 Å². The summed E-state index contributed by atoms with van der Waals surface area (Å²) < 4.78 is 53.8. The Labute approximate surface area is 339 Å². The fourth-order valence-corrected chi connectivity index (χ4v) is 6.94. The predicted molar refractivity (Wildman–Crippen MR) is 234 cm³/mol. The van der Waals surface area contributed by atoms with Gasteiger partial charge in [0.25, 0.3) is 20.0 Å². The zero-order chi connectivity index (χ0) is 42.1. The molecule has 6 aromatic rings. The second-order valence-corrected chi connectivity index (χ2v) is 16.0. The molecule has 6 rings (SSSR count). The first-order valence-electron chi connectivity index (χ1n) is 17.5. The normalized spacial score (nSPS) is 10.5. The van der Waals surface area contributed by atoms with E-state index in [4.69, 9.17) is 5.73 Å². The number of urea groups is 1. The Kier molecular flexibility index (Phi) is 15.6. The van der Waals surface area contributed by atoms with E-state index < -0.39 is 26.1 Å². The highest BCUT2D eigenvalue weighted by Gasteiger charge is 2.15. The van der Waals surface area contributed by atoms with Crippen LogP contribution in [0.2, 0.25) is 0 Å². The lowest BCUT2D eigenvalue weighted by Crippen LogP contribution is -2.19. The number of carbonyl (C=O) groups excluding carboxylic acids is 2. The fourth-order valence-electron chi connectivity index (χ4n) is 4.82. The van der Waals surface area contributed by atoms with Gasteiger partial charge in [-0.05, 0) is 121 Å². The lowest BCUT2D eigenvalue weighted by Gasteiger charge is -2.13. The largest absolute Gasteiger partial charge is 0.399 e. The number of sulfonamides is 2. The van der Waals surface area contributed by atoms with Gasteiger partial charge in [-0.3, -0.25) is 9.44 Å². The quantitative estimate of drug-likeness (QED) is 0.0489. The number of hydrogen-bond donors (Lipinski definition) is 5. The van der Waals surface area contributed by atoms with E-state index in [1.165, 1.54) is 42.5 Å². The first-order valence-corrected chi connectivity index (χ1v) is 20.4. The summed E-state index contributed by atoms with van der Waals surface area (Å²) in [4.78, 5) is 29.8. The van der Waals surface area contributed by atoms with Crippen molar-refractivity contribution in [1.82, 2.24) is 0 Å². The van der Waals surface area contributed by atoms with Gasteiger partial charge in [-0.2, -0.15) is 4.99 Å². The first kappa shape index (κ1) is 43.6. The SMILES string of the molecule is CN(C)c1ccc(N=C=O)cc1.CN(C)c1ccc(NC(=O)Nc2ccc(S(=O)(=O)Nc3ccccc3)cc2)cc1.Nc1ccc(S(=O)(=O)Nc2ccccc2)cc1. The molecule has 0 atom stereocenters. The van der Waals surface area contributed by atoms with E-state index in [2.05, 4.69) is 25.1 Å². The molecule has 0 saturated heterocycles. The molecule has 0 radical (unpaired) electrons. The number of benzene rings is 6. The molecule has 0 aliphatic rings. The van der Waals surface area contributed by atoms with Crippen LogP contribution in [0.3, 0.4) is 0 Å². The van der Waals surface area contributed by atoms with Gasteiger partial charge >= 0.3 is 6.03 Å². The minimum Gasteiger partial charge on any atom is -0.399 e. The van der Waals surface area contributed by atoms with Crippen LogP contribution in [0.25, 0.3) is 0 Å². The van der Waals surface area contributed by atoms with Gasteiger partial charge in [0.2, 0.25) is 6.08 Å². The van der Waals surface area contributed by atoms with Gasteiger partial charge in [0, 0.05) is 68.0 Å². The summed E-state index contributed by atoms with van der Waals surface area (Å²) in [7, 11) is 0.554. The van der Waals surface area contributed by atoms with Crippen LogP contribution < -0.4 is 35.6 Å². The molecule has 0 fully saturated rings. The zero-order valence-electron chi connectivity index (χ0n) is 32.2. The number of aliphatic imine (C=N–C) groups is 1. The van der Waals surface area contributed by atoms with Gasteiger partial charge in [-0.1, -0.05) is 36.4 Å². The number of anilines is 7. The smallest absolute Gasteiger partial charge is 0.323 e. The summed E-state index contributed by atoms with van der Waals surface area (Å²) in [6.45, 7) is 0. The molecule has 0 bridgehead atoms. The standard InChI is InChI=1S/C21H22N4O3S.C12H12N2O2S.C9H10N2O/c1-25(2)19-12-8-16(9-13-19)22-21(26)23-17-10-14-20(15-11-17)29(27,28)24-18-6-4-3-5-7-18;13-10-6-8-12(9-7-10)17(15,16)14-11-4-2-1-3-5-11;1-11(2)9-5-3-8(4-6-9)10-7-12/h3-15,24H,1-2H3,(H2,22,23,26);1-9,14H,13H2;3-6H,1-2H3. The zero-order valence-corrected chi connectivity index (χ0v) is 33.8. The van der Waals surface area contributed by atoms with Crippen LogP contribution in [-0.4, -0.2) is 57.1 Å². The monoisotopic (exact) mass is 820 g/mol. The number of nitrogens with one attached hydrogen (secondary N) is 4. The van der Waals surface area contributed by atoms with Gasteiger partial charge in [0.15, 0.2) is 0 Å². The van der Waals surface area contributed by atoms with E-state index in [1.807, 2.05) is 68.3 Å². The van der Waals surface area contributed by atoms with Gasteiger partial charge in [0.1, 0.15) is 0 Å². The second kappa shape index (κ2) is 20.7. The fraction of sp³-hybridized carbons (Fsp3) is 0.0952. The molecule has 0 spiro atoms. The van der Waals surface area contributed by atoms with E-state index >= 15 is 0 Å². The number of nitrogen functional groups attached to an aromatic ring is 1. The Morgan fingerprint density at radius 3 is 1.26 bits per heavy atom. The molecule has 0 aliphatic heterocycles. The molecular formula is C42H44N8O6S2. The van der Waals surface area contributed by atoms with Crippen molar-refractivity contribution in [2.24, 2.45) is 4.99 Å². The third-order valence-corrected chi connectivity index (χ3v) is 10.6. The number of nitrogens with two attached hydrogens (primary N) is 1. The number of para-hydroxylation sites is 2. The third-order valence-electron chi connectivity index (χ3n) is 7.85. The molecule has 0 saturated carbocycles. The maximum atomic E-state index is 12.4. The molecule has 58 heavy (non-hydrogen) atoms. The number of hydrogen-bond acceptors (Lipinski definition) is 10. The Morgan fingerprint density at radius 1 is 0.517 bits per heavy atom. The molecule has 0 heterocycles. The molecule has 0 aliphatic carbocycles. The van der Waals surface area contributed by atoms with Crippen molar-refractivity contribution in [2.45, 2.75) is 9.79 Å². The Morgan fingerprint density at radius 2 is 0.879 bits per heavy atom. The molecule has 300 valence electrons. The van der Waals surface area contributed by atoms with E-state index in [-0.39, 0.29) is 9.79 Å². The van der Waals surface area contributed by atoms with Crippen molar-refractivity contribution < 1.29 is 26.4 Å². The number of carbonyl (C=O) groups is 1. The minimum absolute atomic E-state index is 0.103. The lowest BCUT2D eigenvalue weighted by molar-refractivity contribution is 0.262. The lowest BCUT2D eigenvalue weighted by atomic mass is 10.2. The second-order valence-electron chi connectivity index (χ2n) is 12.7. The van der Waals surface area contributed by atoms with Crippen LogP contribution in [0.1, 0.15) is 0 Å². The van der Waals surface area contributed by atoms with Gasteiger partial charge in [-0.25, -0.2) is 26.4 Å². The Balaban J connectivity index is 0.000000216. The number of amides is 2.